The molecule has 0 amide bonds. The molecule has 1 aliphatic carbocycles. The molecule has 1 N–H and O–H groups in total. The maximum Gasteiger partial charge on any atom is 0.000770 e. The summed E-state index contributed by atoms with van der Waals surface area (Å²) >= 11 is 0. The summed E-state index contributed by atoms with van der Waals surface area (Å²) in [5.41, 5.74) is 0.727. The van der Waals surface area contributed by atoms with Crippen LogP contribution in [-0.2, 0) is 0 Å². The molecular weight excluding hydrogens is 158 g/mol. The molecule has 78 valence electrons. The highest BCUT2D eigenvalue weighted by Gasteiger charge is 2.40. The lowest BCUT2D eigenvalue weighted by atomic mass is 9.96. The van der Waals surface area contributed by atoms with Crippen molar-refractivity contribution in [2.45, 2.75) is 52.9 Å². The van der Waals surface area contributed by atoms with Crippen molar-refractivity contribution in [2.75, 3.05) is 13.1 Å². The van der Waals surface area contributed by atoms with Crippen LogP contribution in [0.2, 0.25) is 0 Å². The van der Waals surface area contributed by atoms with Crippen LogP contribution >= 0.6 is 0 Å². The number of rotatable bonds is 7. The third-order valence-corrected chi connectivity index (χ3v) is 3.20. The molecule has 0 aromatic heterocycles. The predicted octanol–water partition coefficient (Wildman–Crippen LogP) is 3.20. The van der Waals surface area contributed by atoms with Crippen molar-refractivity contribution in [1.29, 1.82) is 0 Å². The fourth-order valence-corrected chi connectivity index (χ4v) is 1.97. The Kier molecular flexibility index (Phi) is 4.24. The van der Waals surface area contributed by atoms with Gasteiger partial charge in [0.25, 0.3) is 0 Å². The fourth-order valence-electron chi connectivity index (χ4n) is 1.97. The first-order valence-electron chi connectivity index (χ1n) is 5.89. The maximum absolute atomic E-state index is 3.49. The zero-order valence-electron chi connectivity index (χ0n) is 9.53. The summed E-state index contributed by atoms with van der Waals surface area (Å²) < 4.78 is 0. The van der Waals surface area contributed by atoms with Crippen LogP contribution < -0.4 is 5.32 Å². The van der Waals surface area contributed by atoms with Gasteiger partial charge in [0.2, 0.25) is 0 Å². The molecule has 0 aromatic rings. The summed E-state index contributed by atoms with van der Waals surface area (Å²) in [6, 6.07) is 0. The van der Waals surface area contributed by atoms with Gasteiger partial charge in [-0.3, -0.25) is 0 Å². The second-order valence-electron chi connectivity index (χ2n) is 5.07. The van der Waals surface area contributed by atoms with Crippen molar-refractivity contribution in [3.05, 3.63) is 0 Å². The van der Waals surface area contributed by atoms with E-state index in [0.29, 0.717) is 0 Å². The van der Waals surface area contributed by atoms with Crippen LogP contribution in [0.1, 0.15) is 52.9 Å². The highest BCUT2D eigenvalue weighted by Crippen LogP contribution is 2.49. The average molecular weight is 183 g/mol. The Bertz CT molecular complexity index is 136. The largest absolute Gasteiger partial charge is 0.316 e. The summed E-state index contributed by atoms with van der Waals surface area (Å²) in [6.45, 7) is 9.24. The molecule has 0 bridgehead atoms. The van der Waals surface area contributed by atoms with Crippen LogP contribution in [0.4, 0.5) is 0 Å². The predicted molar refractivity (Wildman–Crippen MR) is 58.9 cm³/mol. The molecule has 1 nitrogen and oxygen atoms in total. The van der Waals surface area contributed by atoms with E-state index in [1.54, 1.807) is 0 Å². The summed E-state index contributed by atoms with van der Waals surface area (Å²) in [6.07, 6.45) is 7.24. The van der Waals surface area contributed by atoms with Gasteiger partial charge in [0.05, 0.1) is 0 Å². The van der Waals surface area contributed by atoms with Gasteiger partial charge in [0.1, 0.15) is 0 Å². The number of hydrogen-bond acceptors (Lipinski definition) is 1. The minimum Gasteiger partial charge on any atom is -0.316 e. The van der Waals surface area contributed by atoms with Crippen LogP contribution in [0.25, 0.3) is 0 Å². The Labute approximate surface area is 83.3 Å². The van der Waals surface area contributed by atoms with Gasteiger partial charge in [-0.25, -0.2) is 0 Å². The molecule has 0 aliphatic heterocycles. The van der Waals surface area contributed by atoms with E-state index < -0.39 is 0 Å². The minimum absolute atomic E-state index is 0.727. The first-order chi connectivity index (χ1) is 6.18. The van der Waals surface area contributed by atoms with E-state index in [1.807, 2.05) is 0 Å². The van der Waals surface area contributed by atoms with Crippen molar-refractivity contribution in [2.24, 2.45) is 11.3 Å². The summed E-state index contributed by atoms with van der Waals surface area (Å²) in [5.74, 6) is 0.884. The lowest BCUT2D eigenvalue weighted by Crippen LogP contribution is -2.23. The molecule has 1 heteroatoms. The molecule has 0 atom stereocenters. The first-order valence-corrected chi connectivity index (χ1v) is 5.89. The molecule has 13 heavy (non-hydrogen) atoms. The summed E-state index contributed by atoms with van der Waals surface area (Å²) in [7, 11) is 0. The van der Waals surface area contributed by atoms with Gasteiger partial charge in [-0.2, -0.15) is 0 Å². The van der Waals surface area contributed by atoms with Crippen molar-refractivity contribution in [1.82, 2.24) is 5.32 Å². The van der Waals surface area contributed by atoms with Crippen LogP contribution in [-0.4, -0.2) is 13.1 Å². The smallest absolute Gasteiger partial charge is 0.000770 e. The number of hydrogen-bond donors (Lipinski definition) is 1. The minimum atomic E-state index is 0.727. The Morgan fingerprint density at radius 2 is 2.00 bits per heavy atom. The highest BCUT2D eigenvalue weighted by atomic mass is 14.9. The van der Waals surface area contributed by atoms with Gasteiger partial charge in [0, 0.05) is 6.54 Å². The van der Waals surface area contributed by atoms with Crippen LogP contribution in [0.3, 0.4) is 0 Å². The van der Waals surface area contributed by atoms with E-state index in [2.05, 4.69) is 26.1 Å². The zero-order chi connectivity index (χ0) is 9.73. The molecule has 0 spiro atoms. The monoisotopic (exact) mass is 183 g/mol. The molecule has 0 heterocycles. The molecule has 0 aromatic carbocycles. The van der Waals surface area contributed by atoms with Crippen molar-refractivity contribution < 1.29 is 0 Å². The van der Waals surface area contributed by atoms with Gasteiger partial charge in [-0.15, -0.1) is 0 Å². The first kappa shape index (κ1) is 11.0. The topological polar surface area (TPSA) is 12.0 Å². The van der Waals surface area contributed by atoms with E-state index in [0.717, 1.165) is 17.9 Å². The second-order valence-corrected chi connectivity index (χ2v) is 5.07. The molecule has 1 fully saturated rings. The van der Waals surface area contributed by atoms with Crippen molar-refractivity contribution >= 4 is 0 Å². The fraction of sp³-hybridized carbons (Fsp3) is 1.00. The molecule has 0 unspecified atom stereocenters. The molecular formula is C12H25N. The van der Waals surface area contributed by atoms with E-state index in [4.69, 9.17) is 0 Å². The van der Waals surface area contributed by atoms with Gasteiger partial charge in [0.15, 0.2) is 0 Å². The van der Waals surface area contributed by atoms with Gasteiger partial charge < -0.3 is 5.32 Å². The van der Waals surface area contributed by atoms with Crippen molar-refractivity contribution in [3.63, 3.8) is 0 Å². The van der Waals surface area contributed by atoms with E-state index in [-0.39, 0.29) is 0 Å². The van der Waals surface area contributed by atoms with E-state index in [9.17, 15) is 0 Å². The lowest BCUT2D eigenvalue weighted by Gasteiger charge is -2.15. The highest BCUT2D eigenvalue weighted by molar-refractivity contribution is 4.94. The third kappa shape index (κ3) is 4.12. The lowest BCUT2D eigenvalue weighted by molar-refractivity contribution is 0.394. The zero-order valence-corrected chi connectivity index (χ0v) is 9.53. The maximum atomic E-state index is 3.49. The molecule has 0 saturated heterocycles. The summed E-state index contributed by atoms with van der Waals surface area (Å²) in [5, 5.41) is 3.49. The SMILES string of the molecule is CCNCC1(CCCC(C)C)CC1. The van der Waals surface area contributed by atoms with E-state index in [1.165, 1.54) is 38.6 Å². The molecule has 1 aliphatic rings. The van der Waals surface area contributed by atoms with Gasteiger partial charge in [-0.1, -0.05) is 33.6 Å². The van der Waals surface area contributed by atoms with E-state index >= 15 is 0 Å². The molecule has 1 saturated carbocycles. The Hall–Kier alpha value is -0.0400. The Morgan fingerprint density at radius 1 is 1.31 bits per heavy atom. The summed E-state index contributed by atoms with van der Waals surface area (Å²) in [4.78, 5) is 0. The normalized spacial score (nSPS) is 19.4. The Balaban J connectivity index is 2.05. The number of nitrogens with one attached hydrogen (secondary N) is 1. The van der Waals surface area contributed by atoms with Crippen LogP contribution in [0.5, 0.6) is 0 Å². The second kappa shape index (κ2) is 4.99. The Morgan fingerprint density at radius 3 is 2.46 bits per heavy atom. The molecule has 0 radical (unpaired) electrons. The standard InChI is InChI=1S/C12H25N/c1-4-13-10-12(8-9-12)7-5-6-11(2)3/h11,13H,4-10H2,1-3H3. The average Bonchev–Trinajstić information content (AvgIpc) is 2.82. The third-order valence-electron chi connectivity index (χ3n) is 3.20. The van der Waals surface area contributed by atoms with Crippen LogP contribution in [0.15, 0.2) is 0 Å². The van der Waals surface area contributed by atoms with Gasteiger partial charge >= 0.3 is 0 Å². The quantitative estimate of drug-likeness (QED) is 0.639. The van der Waals surface area contributed by atoms with Gasteiger partial charge in [-0.05, 0) is 37.1 Å². The van der Waals surface area contributed by atoms with Crippen LogP contribution in [0, 0.1) is 11.3 Å². The molecule has 1 rings (SSSR count). The van der Waals surface area contributed by atoms with Crippen molar-refractivity contribution in [3.8, 4) is 0 Å².